The van der Waals surface area contributed by atoms with Crippen molar-refractivity contribution in [2.75, 3.05) is 11.5 Å². The minimum absolute atomic E-state index is 0.00591. The minimum atomic E-state index is -0.920. The summed E-state index contributed by atoms with van der Waals surface area (Å²) in [6.07, 6.45) is 1.55. The van der Waals surface area contributed by atoms with Gasteiger partial charge in [-0.3, -0.25) is 14.5 Å². The van der Waals surface area contributed by atoms with Crippen molar-refractivity contribution in [1.29, 1.82) is 0 Å². The molecule has 220 valence electrons. The van der Waals surface area contributed by atoms with E-state index >= 15 is 0 Å². The third-order valence-corrected chi connectivity index (χ3v) is 9.47. The lowest BCUT2D eigenvalue weighted by molar-refractivity contribution is -0.132. The lowest BCUT2D eigenvalue weighted by Gasteiger charge is -2.23. The summed E-state index contributed by atoms with van der Waals surface area (Å²) in [4.78, 5) is 28.7. The number of nitrogens with zero attached hydrogens (tertiary/aromatic N) is 3. The molecule has 10 heteroatoms. The van der Waals surface area contributed by atoms with E-state index in [1.807, 2.05) is 45.0 Å². The van der Waals surface area contributed by atoms with E-state index in [0.29, 0.717) is 40.0 Å². The summed E-state index contributed by atoms with van der Waals surface area (Å²) in [5.41, 5.74) is 4.34. The zero-order valence-electron chi connectivity index (χ0n) is 24.1. The molecule has 0 bridgehead atoms. The van der Waals surface area contributed by atoms with Crippen molar-refractivity contribution in [1.82, 2.24) is 10.2 Å². The maximum atomic E-state index is 13.7. The van der Waals surface area contributed by atoms with Crippen LogP contribution in [0.15, 0.2) is 76.6 Å². The topological polar surface area (TPSA) is 102 Å². The average Bonchev–Trinajstić information content (AvgIpc) is 3.70. The van der Waals surface area contributed by atoms with Crippen molar-refractivity contribution in [3.63, 3.8) is 0 Å². The molecular formula is C33H31N3O5S2. The van der Waals surface area contributed by atoms with Crippen LogP contribution in [0, 0.1) is 6.92 Å². The van der Waals surface area contributed by atoms with E-state index < -0.39 is 17.7 Å². The minimum Gasteiger partial charge on any atom is -0.507 e. The Morgan fingerprint density at radius 3 is 2.72 bits per heavy atom. The van der Waals surface area contributed by atoms with Crippen LogP contribution in [0.5, 0.6) is 11.5 Å². The van der Waals surface area contributed by atoms with Crippen molar-refractivity contribution in [3.05, 3.63) is 100 Å². The van der Waals surface area contributed by atoms with Crippen molar-refractivity contribution < 1.29 is 24.2 Å². The standard InChI is InChI=1S/C33H31N3O5S2/c1-4-14-40-25-7-5-6-22(17-25)28-27(29(37)23-12-13-26-24(16-23)15-20(3)41-26)30(38)31(39)36(28)32-34-35-33(43-32)42-18-21-10-8-19(2)9-11-21/h5-13,16-17,20,28,37H,4,14-15,18H2,1-3H3/t20-,28-/m0/s1. The number of benzene rings is 3. The van der Waals surface area contributed by atoms with Gasteiger partial charge >= 0.3 is 5.91 Å². The quantitative estimate of drug-likeness (QED) is 0.0717. The summed E-state index contributed by atoms with van der Waals surface area (Å²) in [5.74, 6) is 0.264. The van der Waals surface area contributed by atoms with Crippen molar-refractivity contribution >= 4 is 45.7 Å². The Morgan fingerprint density at radius 2 is 1.93 bits per heavy atom. The predicted octanol–water partition coefficient (Wildman–Crippen LogP) is 6.88. The first-order valence-corrected chi connectivity index (χ1v) is 16.0. The molecule has 0 spiro atoms. The van der Waals surface area contributed by atoms with Crippen LogP contribution in [-0.4, -0.2) is 39.7 Å². The van der Waals surface area contributed by atoms with Crippen LogP contribution < -0.4 is 14.4 Å². The molecule has 1 aromatic heterocycles. The number of anilines is 1. The number of ketones is 1. The van der Waals surface area contributed by atoms with Crippen LogP contribution in [-0.2, 0) is 21.8 Å². The van der Waals surface area contributed by atoms with Crippen LogP contribution in [0.2, 0.25) is 0 Å². The summed E-state index contributed by atoms with van der Waals surface area (Å²) in [6.45, 7) is 6.57. The Hall–Kier alpha value is -4.15. The lowest BCUT2D eigenvalue weighted by Crippen LogP contribution is -2.29. The Balaban J connectivity index is 1.39. The number of thioether (sulfide) groups is 1. The fourth-order valence-electron chi connectivity index (χ4n) is 5.25. The number of aliphatic hydroxyl groups excluding tert-OH is 1. The number of fused-ring (bicyclic) bond motifs is 1. The van der Waals surface area contributed by atoms with Gasteiger partial charge in [-0.1, -0.05) is 72.0 Å². The zero-order chi connectivity index (χ0) is 30.1. The highest BCUT2D eigenvalue weighted by Gasteiger charge is 2.48. The number of aryl methyl sites for hydroxylation is 1. The highest BCUT2D eigenvalue weighted by Crippen LogP contribution is 2.45. The number of amides is 1. The van der Waals surface area contributed by atoms with Gasteiger partial charge in [0.1, 0.15) is 23.4 Å². The molecule has 0 radical (unpaired) electrons. The van der Waals surface area contributed by atoms with Gasteiger partial charge in [0.15, 0.2) is 4.34 Å². The van der Waals surface area contributed by atoms with Crippen molar-refractivity contribution in [2.24, 2.45) is 0 Å². The maximum absolute atomic E-state index is 13.7. The van der Waals surface area contributed by atoms with Gasteiger partial charge in [-0.15, -0.1) is 10.2 Å². The molecule has 8 nitrogen and oxygen atoms in total. The first kappa shape index (κ1) is 28.9. The SMILES string of the molecule is CCCOc1cccc([C@H]2C(=C(O)c3ccc4c(c3)C[C@H](C)O4)C(=O)C(=O)N2c2nnc(SCc3ccc(C)cc3)s2)c1. The molecule has 1 saturated heterocycles. The maximum Gasteiger partial charge on any atom is 0.301 e. The summed E-state index contributed by atoms with van der Waals surface area (Å²) in [7, 11) is 0. The molecule has 2 atom stereocenters. The molecule has 2 aliphatic rings. The third kappa shape index (κ3) is 5.89. The van der Waals surface area contributed by atoms with E-state index in [0.717, 1.165) is 23.3 Å². The van der Waals surface area contributed by atoms with Gasteiger partial charge in [0, 0.05) is 17.7 Å². The van der Waals surface area contributed by atoms with E-state index in [-0.39, 0.29) is 22.6 Å². The first-order chi connectivity index (χ1) is 20.8. The number of carbonyl (C=O) groups is 2. The van der Waals surface area contributed by atoms with E-state index in [4.69, 9.17) is 9.47 Å². The van der Waals surface area contributed by atoms with E-state index in [1.165, 1.54) is 33.6 Å². The first-order valence-electron chi connectivity index (χ1n) is 14.2. The van der Waals surface area contributed by atoms with Gasteiger partial charge in [0.05, 0.1) is 18.2 Å². The van der Waals surface area contributed by atoms with Gasteiger partial charge in [-0.25, -0.2) is 0 Å². The fraction of sp³-hybridized carbons (Fsp3) is 0.273. The molecule has 1 fully saturated rings. The number of hydrogen-bond donors (Lipinski definition) is 1. The number of hydrogen-bond acceptors (Lipinski definition) is 9. The van der Waals surface area contributed by atoms with Crippen LogP contribution in [0.4, 0.5) is 5.13 Å². The second kappa shape index (κ2) is 12.2. The van der Waals surface area contributed by atoms with Crippen LogP contribution >= 0.6 is 23.1 Å². The van der Waals surface area contributed by atoms with Crippen molar-refractivity contribution in [3.8, 4) is 11.5 Å². The summed E-state index contributed by atoms with van der Waals surface area (Å²) >= 11 is 2.76. The lowest BCUT2D eigenvalue weighted by atomic mass is 9.94. The number of Topliss-reactive ketones (excluding diaryl/α,β-unsaturated/α-hetero) is 1. The third-order valence-electron chi connectivity index (χ3n) is 7.35. The molecule has 6 rings (SSSR count). The molecule has 1 amide bonds. The molecule has 2 aliphatic heterocycles. The van der Waals surface area contributed by atoms with Gasteiger partial charge < -0.3 is 14.6 Å². The monoisotopic (exact) mass is 613 g/mol. The van der Waals surface area contributed by atoms with Gasteiger partial charge in [0.25, 0.3) is 5.78 Å². The second-order valence-electron chi connectivity index (χ2n) is 10.7. The smallest absolute Gasteiger partial charge is 0.301 e. The van der Waals surface area contributed by atoms with Crippen LogP contribution in [0.25, 0.3) is 5.76 Å². The zero-order valence-corrected chi connectivity index (χ0v) is 25.7. The molecule has 0 saturated carbocycles. The molecule has 4 aromatic rings. The Kier molecular flexibility index (Phi) is 8.23. The molecule has 3 heterocycles. The Bertz CT molecular complexity index is 1720. The van der Waals surface area contributed by atoms with Crippen molar-refractivity contribution in [2.45, 2.75) is 55.9 Å². The largest absolute Gasteiger partial charge is 0.507 e. The fourth-order valence-corrected chi connectivity index (χ4v) is 7.08. The Morgan fingerprint density at radius 1 is 1.12 bits per heavy atom. The van der Waals surface area contributed by atoms with Gasteiger partial charge in [0.2, 0.25) is 5.13 Å². The highest BCUT2D eigenvalue weighted by molar-refractivity contribution is 8.00. The molecule has 43 heavy (non-hydrogen) atoms. The highest BCUT2D eigenvalue weighted by atomic mass is 32.2. The van der Waals surface area contributed by atoms with Gasteiger partial charge in [-0.2, -0.15) is 0 Å². The summed E-state index contributed by atoms with van der Waals surface area (Å²) in [5, 5.41) is 20.6. The molecule has 3 aromatic carbocycles. The average molecular weight is 614 g/mol. The van der Waals surface area contributed by atoms with E-state index in [9.17, 15) is 14.7 Å². The summed E-state index contributed by atoms with van der Waals surface area (Å²) in [6, 6.07) is 20.0. The Labute approximate surface area is 258 Å². The molecule has 0 unspecified atom stereocenters. The van der Waals surface area contributed by atoms with Gasteiger partial charge in [-0.05, 0) is 67.3 Å². The van der Waals surface area contributed by atoms with E-state index in [1.54, 1.807) is 18.2 Å². The molecule has 0 aliphatic carbocycles. The second-order valence-corrected chi connectivity index (χ2v) is 12.8. The number of rotatable bonds is 9. The number of aliphatic hydroxyl groups is 1. The molecular weight excluding hydrogens is 583 g/mol. The number of ether oxygens (including phenoxy) is 2. The van der Waals surface area contributed by atoms with E-state index in [2.05, 4.69) is 34.5 Å². The summed E-state index contributed by atoms with van der Waals surface area (Å²) < 4.78 is 12.4. The molecule has 1 N–H and O–H groups in total. The van der Waals surface area contributed by atoms with Crippen LogP contribution in [0.1, 0.15) is 54.1 Å². The number of aromatic nitrogens is 2. The predicted molar refractivity (Wildman–Crippen MR) is 168 cm³/mol. The number of carbonyl (C=O) groups excluding carboxylic acids is 2. The van der Waals surface area contributed by atoms with Crippen LogP contribution in [0.3, 0.4) is 0 Å². The normalized spacial score (nSPS) is 19.0.